The fourth-order valence-corrected chi connectivity index (χ4v) is 1.30. The molecule has 2 heteroatoms. The van der Waals surface area contributed by atoms with Gasteiger partial charge in [-0.3, -0.25) is 0 Å². The number of hydrogen-bond acceptors (Lipinski definition) is 2. The Bertz CT molecular complexity index is 443. The number of nitrogens with two attached hydrogens (primary N) is 1. The molecular formula is C15H16N2. The molecule has 0 radical (unpaired) electrons. The first-order valence-corrected chi connectivity index (χ1v) is 5.51. The molecule has 0 aromatic heterocycles. The van der Waals surface area contributed by atoms with Crippen molar-refractivity contribution in [3.8, 4) is 6.07 Å². The van der Waals surface area contributed by atoms with Gasteiger partial charge < -0.3 is 5.73 Å². The van der Waals surface area contributed by atoms with Crippen LogP contribution < -0.4 is 5.73 Å². The number of nitriles is 1. The van der Waals surface area contributed by atoms with Crippen LogP contribution in [0.3, 0.4) is 0 Å². The van der Waals surface area contributed by atoms with E-state index in [9.17, 15) is 0 Å². The summed E-state index contributed by atoms with van der Waals surface area (Å²) in [7, 11) is 0. The lowest BCUT2D eigenvalue weighted by Gasteiger charge is -1.90. The zero-order chi connectivity index (χ0) is 12.3. The fraction of sp³-hybridized carbons (Fsp3) is 0.133. The SMILES string of the molecule is N#CCc1ccccc1.NCc1ccccc1. The summed E-state index contributed by atoms with van der Waals surface area (Å²) in [5.74, 6) is 0. The maximum atomic E-state index is 8.27. The quantitative estimate of drug-likeness (QED) is 0.852. The van der Waals surface area contributed by atoms with Crippen molar-refractivity contribution >= 4 is 0 Å². The Balaban J connectivity index is 0.000000171. The molecule has 2 nitrogen and oxygen atoms in total. The summed E-state index contributed by atoms with van der Waals surface area (Å²) in [4.78, 5) is 0. The molecule has 0 atom stereocenters. The van der Waals surface area contributed by atoms with Crippen LogP contribution in [-0.4, -0.2) is 0 Å². The maximum Gasteiger partial charge on any atom is 0.0669 e. The van der Waals surface area contributed by atoms with E-state index in [0.717, 1.165) is 5.56 Å². The molecule has 0 saturated heterocycles. The first-order valence-electron chi connectivity index (χ1n) is 5.51. The normalized spacial score (nSPS) is 8.71. The van der Waals surface area contributed by atoms with Crippen LogP contribution in [0.1, 0.15) is 11.1 Å². The summed E-state index contributed by atoms with van der Waals surface area (Å²) in [6, 6.07) is 21.8. The minimum Gasteiger partial charge on any atom is -0.326 e. The molecule has 0 amide bonds. The molecule has 17 heavy (non-hydrogen) atoms. The van der Waals surface area contributed by atoms with Gasteiger partial charge in [-0.2, -0.15) is 5.26 Å². The van der Waals surface area contributed by atoms with Gasteiger partial charge in [0.05, 0.1) is 12.5 Å². The highest BCUT2D eigenvalue weighted by molar-refractivity contribution is 5.17. The lowest BCUT2D eigenvalue weighted by Crippen LogP contribution is -1.94. The average molecular weight is 224 g/mol. The molecule has 0 unspecified atom stereocenters. The maximum absolute atomic E-state index is 8.27. The van der Waals surface area contributed by atoms with Gasteiger partial charge in [0.1, 0.15) is 0 Å². The molecule has 0 aliphatic carbocycles. The van der Waals surface area contributed by atoms with Crippen LogP contribution >= 0.6 is 0 Å². The number of rotatable bonds is 2. The van der Waals surface area contributed by atoms with Crippen molar-refractivity contribution in [2.75, 3.05) is 0 Å². The smallest absolute Gasteiger partial charge is 0.0669 e. The van der Waals surface area contributed by atoms with E-state index in [4.69, 9.17) is 11.0 Å². The van der Waals surface area contributed by atoms with Gasteiger partial charge in [-0.05, 0) is 11.1 Å². The Labute approximate surface area is 102 Å². The van der Waals surface area contributed by atoms with Crippen molar-refractivity contribution in [1.29, 1.82) is 5.26 Å². The number of nitrogens with zero attached hydrogens (tertiary/aromatic N) is 1. The van der Waals surface area contributed by atoms with E-state index in [1.807, 2.05) is 60.7 Å². The van der Waals surface area contributed by atoms with Crippen LogP contribution in [0.4, 0.5) is 0 Å². The molecule has 0 bridgehead atoms. The van der Waals surface area contributed by atoms with Crippen LogP contribution in [0, 0.1) is 11.3 Å². The van der Waals surface area contributed by atoms with Gasteiger partial charge in [0.2, 0.25) is 0 Å². The monoisotopic (exact) mass is 224 g/mol. The van der Waals surface area contributed by atoms with Crippen LogP contribution in [-0.2, 0) is 13.0 Å². The standard InChI is InChI=1S/C8H7N.C7H9N/c9-7-6-8-4-2-1-3-5-8;8-6-7-4-2-1-3-5-7/h1-5H,6H2;1-5H,6,8H2. The van der Waals surface area contributed by atoms with E-state index < -0.39 is 0 Å². The van der Waals surface area contributed by atoms with Gasteiger partial charge in [-0.15, -0.1) is 0 Å². The Kier molecular flexibility index (Phi) is 6.17. The van der Waals surface area contributed by atoms with Crippen LogP contribution in [0.25, 0.3) is 0 Å². The second kappa shape index (κ2) is 8.09. The van der Waals surface area contributed by atoms with Crippen molar-refractivity contribution in [1.82, 2.24) is 0 Å². The molecule has 0 aliphatic rings. The Hall–Kier alpha value is -2.11. The zero-order valence-corrected chi connectivity index (χ0v) is 9.71. The third kappa shape index (κ3) is 5.50. The van der Waals surface area contributed by atoms with Gasteiger partial charge >= 0.3 is 0 Å². The van der Waals surface area contributed by atoms with E-state index in [1.54, 1.807) is 0 Å². The van der Waals surface area contributed by atoms with Gasteiger partial charge in [0.25, 0.3) is 0 Å². The van der Waals surface area contributed by atoms with E-state index in [-0.39, 0.29) is 0 Å². The lowest BCUT2D eigenvalue weighted by atomic mass is 10.2. The first-order chi connectivity index (χ1) is 8.36. The predicted molar refractivity (Wildman–Crippen MR) is 70.1 cm³/mol. The highest BCUT2D eigenvalue weighted by Gasteiger charge is 1.84. The van der Waals surface area contributed by atoms with E-state index in [2.05, 4.69) is 6.07 Å². The predicted octanol–water partition coefficient (Wildman–Crippen LogP) is 2.90. The zero-order valence-electron chi connectivity index (χ0n) is 9.71. The number of hydrogen-bond donors (Lipinski definition) is 1. The van der Waals surface area contributed by atoms with Crippen molar-refractivity contribution in [2.24, 2.45) is 5.73 Å². The summed E-state index contributed by atoms with van der Waals surface area (Å²) in [5.41, 5.74) is 7.62. The topological polar surface area (TPSA) is 49.8 Å². The third-order valence-electron chi connectivity index (χ3n) is 2.20. The van der Waals surface area contributed by atoms with E-state index in [1.165, 1.54) is 5.56 Å². The minimum atomic E-state index is 0.515. The van der Waals surface area contributed by atoms with Crippen molar-refractivity contribution < 1.29 is 0 Å². The van der Waals surface area contributed by atoms with Crippen LogP contribution in [0.15, 0.2) is 60.7 Å². The molecule has 86 valence electrons. The Morgan fingerprint density at radius 3 is 1.65 bits per heavy atom. The Morgan fingerprint density at radius 1 is 0.824 bits per heavy atom. The second-order valence-electron chi connectivity index (χ2n) is 3.51. The molecule has 2 aromatic rings. The molecule has 0 saturated carbocycles. The number of benzene rings is 2. The summed E-state index contributed by atoms with van der Waals surface area (Å²) in [6.07, 6.45) is 0.515. The minimum absolute atomic E-state index is 0.515. The van der Waals surface area contributed by atoms with Gasteiger partial charge in [-0.25, -0.2) is 0 Å². The van der Waals surface area contributed by atoms with E-state index >= 15 is 0 Å². The molecular weight excluding hydrogens is 208 g/mol. The highest BCUT2D eigenvalue weighted by atomic mass is 14.5. The first kappa shape index (κ1) is 13.0. The fourth-order valence-electron chi connectivity index (χ4n) is 1.30. The second-order valence-corrected chi connectivity index (χ2v) is 3.51. The molecule has 0 aliphatic heterocycles. The molecule has 0 fully saturated rings. The third-order valence-corrected chi connectivity index (χ3v) is 2.20. The lowest BCUT2D eigenvalue weighted by molar-refractivity contribution is 1.07. The van der Waals surface area contributed by atoms with Gasteiger partial charge in [0.15, 0.2) is 0 Å². The molecule has 2 rings (SSSR count). The average Bonchev–Trinajstić information content (AvgIpc) is 2.42. The molecule has 0 heterocycles. The van der Waals surface area contributed by atoms with Crippen molar-refractivity contribution in [3.63, 3.8) is 0 Å². The summed E-state index contributed by atoms with van der Waals surface area (Å²) < 4.78 is 0. The Morgan fingerprint density at radius 2 is 1.29 bits per heavy atom. The van der Waals surface area contributed by atoms with E-state index in [0.29, 0.717) is 13.0 Å². The highest BCUT2D eigenvalue weighted by Crippen LogP contribution is 1.97. The molecule has 2 aromatic carbocycles. The van der Waals surface area contributed by atoms with Crippen molar-refractivity contribution in [2.45, 2.75) is 13.0 Å². The van der Waals surface area contributed by atoms with Crippen molar-refractivity contribution in [3.05, 3.63) is 71.8 Å². The van der Waals surface area contributed by atoms with Gasteiger partial charge in [0, 0.05) is 6.54 Å². The van der Waals surface area contributed by atoms with Gasteiger partial charge in [-0.1, -0.05) is 60.7 Å². The molecule has 0 spiro atoms. The summed E-state index contributed by atoms with van der Waals surface area (Å²) in [6.45, 7) is 0.640. The largest absolute Gasteiger partial charge is 0.326 e. The van der Waals surface area contributed by atoms with Crippen LogP contribution in [0.2, 0.25) is 0 Å². The molecule has 2 N–H and O–H groups in total. The summed E-state index contributed by atoms with van der Waals surface area (Å²) >= 11 is 0. The van der Waals surface area contributed by atoms with Crippen LogP contribution in [0.5, 0.6) is 0 Å². The summed E-state index contributed by atoms with van der Waals surface area (Å²) in [5, 5.41) is 8.27.